The minimum absolute atomic E-state index is 0.0358. The number of aromatic nitrogens is 4. The first-order valence-corrected chi connectivity index (χ1v) is 17.1. The molecule has 0 unspecified atom stereocenters. The van der Waals surface area contributed by atoms with Gasteiger partial charge >= 0.3 is 6.03 Å². The number of pyridine rings is 2. The molecule has 1 aliphatic rings. The third-order valence-electron chi connectivity index (χ3n) is 9.79. The van der Waals surface area contributed by atoms with Crippen molar-refractivity contribution in [1.82, 2.24) is 29.8 Å². The molecule has 1 aliphatic carbocycles. The van der Waals surface area contributed by atoms with Crippen LogP contribution in [0.4, 0.5) is 10.5 Å². The summed E-state index contributed by atoms with van der Waals surface area (Å²) >= 11 is 0. The van der Waals surface area contributed by atoms with Crippen molar-refractivity contribution in [2.24, 2.45) is 0 Å². The fourth-order valence-corrected chi connectivity index (χ4v) is 5.89. The van der Waals surface area contributed by atoms with Gasteiger partial charge in [-0.1, -0.05) is 58.9 Å². The Bertz CT molecular complexity index is 1770. The third-order valence-corrected chi connectivity index (χ3v) is 9.79. The molecule has 10 nitrogen and oxygen atoms in total. The lowest BCUT2D eigenvalue weighted by molar-refractivity contribution is 0.0939. The van der Waals surface area contributed by atoms with E-state index in [0.29, 0.717) is 30.6 Å². The molecule has 0 fully saturated rings. The Balaban J connectivity index is 1.31. The van der Waals surface area contributed by atoms with Gasteiger partial charge in [0, 0.05) is 34.7 Å². The first kappa shape index (κ1) is 35.0. The Morgan fingerprint density at radius 1 is 1.02 bits per heavy atom. The molecule has 10 heteroatoms. The quantitative estimate of drug-likeness (QED) is 0.158. The number of benzene rings is 1. The summed E-state index contributed by atoms with van der Waals surface area (Å²) in [5.41, 5.74) is 4.11. The van der Waals surface area contributed by atoms with Gasteiger partial charge in [0.15, 0.2) is 11.4 Å². The molecule has 3 aromatic heterocycles. The molecule has 2 amide bonds. The number of hydrogen-bond donors (Lipinski definition) is 2. The van der Waals surface area contributed by atoms with E-state index < -0.39 is 0 Å². The van der Waals surface area contributed by atoms with Crippen molar-refractivity contribution in [3.8, 4) is 5.75 Å². The van der Waals surface area contributed by atoms with Crippen LogP contribution in [0.1, 0.15) is 132 Å². The largest absolute Gasteiger partial charge is 0.484 e. The number of nitrogens with one attached hydrogen (secondary N) is 2. The summed E-state index contributed by atoms with van der Waals surface area (Å²) in [6.45, 7) is 14.7. The monoisotopic (exact) mass is 653 g/mol. The van der Waals surface area contributed by atoms with E-state index >= 15 is 0 Å². The van der Waals surface area contributed by atoms with Crippen LogP contribution in [0.2, 0.25) is 0 Å². The van der Waals surface area contributed by atoms with Gasteiger partial charge in [-0.3, -0.25) is 9.20 Å². The standard InChI is InChI=1S/C38H51N7O3/c1-10-24(2)35-43-42-34-18-15-26(23-45(34)35)48-32-17-16-29(27-13-11-12-14-28(27)32)41-36(47)39-25-21-30(40-33(22-25)37(3,4)5)31(46)19-20-38(6,7)44(8)9/h11-15,18,21-24,29,32H,10,16-17,19-20H2,1-9H3,(H2,39,40,41,47)/t24-,29-,32+/m0/s1. The number of anilines is 1. The summed E-state index contributed by atoms with van der Waals surface area (Å²) in [5.74, 6) is 1.92. The van der Waals surface area contributed by atoms with Gasteiger partial charge < -0.3 is 20.3 Å². The number of nitrogens with zero attached hydrogens (tertiary/aromatic N) is 5. The zero-order chi connectivity index (χ0) is 34.8. The van der Waals surface area contributed by atoms with E-state index in [1.807, 2.05) is 55.0 Å². The van der Waals surface area contributed by atoms with Gasteiger partial charge in [-0.05, 0) is 89.0 Å². The Morgan fingerprint density at radius 3 is 2.44 bits per heavy atom. The van der Waals surface area contributed by atoms with Crippen LogP contribution in [-0.2, 0) is 5.41 Å². The maximum absolute atomic E-state index is 13.5. The van der Waals surface area contributed by atoms with E-state index in [1.165, 1.54) is 0 Å². The fraction of sp³-hybridized carbons (Fsp3) is 0.500. The van der Waals surface area contributed by atoms with Gasteiger partial charge in [0.1, 0.15) is 23.4 Å². The second-order valence-electron chi connectivity index (χ2n) is 14.9. The molecule has 0 bridgehead atoms. The highest BCUT2D eigenvalue weighted by molar-refractivity contribution is 5.97. The molecule has 5 rings (SSSR count). The summed E-state index contributed by atoms with van der Waals surface area (Å²) in [4.78, 5) is 33.6. The number of carbonyl (C=O) groups excluding carboxylic acids is 2. The van der Waals surface area contributed by atoms with Gasteiger partial charge in [0.25, 0.3) is 0 Å². The molecule has 3 atom stereocenters. The second-order valence-corrected chi connectivity index (χ2v) is 14.9. The number of amides is 2. The highest BCUT2D eigenvalue weighted by Gasteiger charge is 2.30. The van der Waals surface area contributed by atoms with Crippen LogP contribution < -0.4 is 15.4 Å². The van der Waals surface area contributed by atoms with E-state index in [1.54, 1.807) is 6.07 Å². The number of carbonyl (C=O) groups is 2. The van der Waals surface area contributed by atoms with Gasteiger partial charge in [-0.2, -0.15) is 0 Å². The Hall–Kier alpha value is -4.31. The summed E-state index contributed by atoms with van der Waals surface area (Å²) in [6.07, 6.45) is 5.28. The van der Waals surface area contributed by atoms with Crippen molar-refractivity contribution in [1.29, 1.82) is 0 Å². The van der Waals surface area contributed by atoms with Gasteiger partial charge in [-0.15, -0.1) is 10.2 Å². The second kappa shape index (κ2) is 14.0. The summed E-state index contributed by atoms with van der Waals surface area (Å²) in [7, 11) is 4.04. The number of Topliss-reactive ketones (excluding diaryl/α,β-unsaturated/α-hetero) is 1. The predicted octanol–water partition coefficient (Wildman–Crippen LogP) is 8.02. The fourth-order valence-electron chi connectivity index (χ4n) is 5.89. The topological polar surface area (TPSA) is 114 Å². The van der Waals surface area contributed by atoms with Gasteiger partial charge in [-0.25, -0.2) is 9.78 Å². The van der Waals surface area contributed by atoms with E-state index in [-0.39, 0.29) is 40.8 Å². The van der Waals surface area contributed by atoms with E-state index in [9.17, 15) is 9.59 Å². The predicted molar refractivity (Wildman–Crippen MR) is 190 cm³/mol. The maximum Gasteiger partial charge on any atom is 0.319 e. The van der Waals surface area contributed by atoms with Crippen LogP contribution in [0.5, 0.6) is 5.75 Å². The lowest BCUT2D eigenvalue weighted by Crippen LogP contribution is -2.38. The molecule has 0 saturated carbocycles. The molecule has 0 aliphatic heterocycles. The Labute approximate surface area is 284 Å². The van der Waals surface area contributed by atoms with Crippen molar-refractivity contribution in [3.05, 3.63) is 83.1 Å². The number of ketones is 1. The van der Waals surface area contributed by atoms with Crippen LogP contribution in [0.3, 0.4) is 0 Å². The van der Waals surface area contributed by atoms with Crippen molar-refractivity contribution in [2.75, 3.05) is 19.4 Å². The molecule has 0 saturated heterocycles. The lowest BCUT2D eigenvalue weighted by atomic mass is 9.85. The summed E-state index contributed by atoms with van der Waals surface area (Å²) in [6, 6.07) is 15.0. The number of ether oxygens (including phenoxy) is 1. The third kappa shape index (κ3) is 7.86. The number of rotatable bonds is 11. The minimum atomic E-state index is -0.331. The van der Waals surface area contributed by atoms with Crippen molar-refractivity contribution >= 4 is 23.1 Å². The Morgan fingerprint density at radius 2 is 1.75 bits per heavy atom. The number of hydrogen-bond acceptors (Lipinski definition) is 7. The van der Waals surface area contributed by atoms with Gasteiger partial charge in [0.2, 0.25) is 0 Å². The van der Waals surface area contributed by atoms with Crippen LogP contribution in [0.15, 0.2) is 54.7 Å². The highest BCUT2D eigenvalue weighted by Crippen LogP contribution is 2.39. The van der Waals surface area contributed by atoms with E-state index in [0.717, 1.165) is 46.9 Å². The van der Waals surface area contributed by atoms with E-state index in [4.69, 9.17) is 9.72 Å². The van der Waals surface area contributed by atoms with Crippen molar-refractivity contribution < 1.29 is 14.3 Å². The molecule has 1 aromatic carbocycles. The van der Waals surface area contributed by atoms with Crippen LogP contribution in [0, 0.1) is 0 Å². The normalized spacial score (nSPS) is 17.2. The maximum atomic E-state index is 13.5. The minimum Gasteiger partial charge on any atom is -0.484 e. The number of urea groups is 1. The Kier molecular flexibility index (Phi) is 10.2. The highest BCUT2D eigenvalue weighted by atomic mass is 16.5. The molecule has 0 spiro atoms. The molecule has 3 heterocycles. The van der Waals surface area contributed by atoms with Crippen LogP contribution >= 0.6 is 0 Å². The zero-order valence-electron chi connectivity index (χ0n) is 29.9. The molecule has 4 aromatic rings. The first-order valence-electron chi connectivity index (χ1n) is 17.1. The molecular formula is C38H51N7O3. The average Bonchev–Trinajstić information content (AvgIpc) is 3.47. The van der Waals surface area contributed by atoms with Crippen LogP contribution in [0.25, 0.3) is 5.65 Å². The number of fused-ring (bicyclic) bond motifs is 2. The smallest absolute Gasteiger partial charge is 0.319 e. The lowest BCUT2D eigenvalue weighted by Gasteiger charge is -2.32. The SMILES string of the molecule is CC[C@H](C)c1nnc2ccc(O[C@@H]3CC[C@H](NC(=O)Nc4cc(C(=O)CCC(C)(C)N(C)C)nc(C(C)(C)C)c4)c4ccccc43)cn12. The van der Waals surface area contributed by atoms with Crippen molar-refractivity contribution in [3.63, 3.8) is 0 Å². The summed E-state index contributed by atoms with van der Waals surface area (Å²) < 4.78 is 8.58. The molecule has 2 N–H and O–H groups in total. The van der Waals surface area contributed by atoms with Gasteiger partial charge in [0.05, 0.1) is 12.2 Å². The van der Waals surface area contributed by atoms with Crippen molar-refractivity contribution in [2.45, 2.75) is 110 Å². The average molecular weight is 654 g/mol. The van der Waals surface area contributed by atoms with E-state index in [2.05, 4.69) is 86.3 Å². The molecule has 256 valence electrons. The van der Waals surface area contributed by atoms with Crippen LogP contribution in [-0.4, -0.2) is 55.9 Å². The zero-order valence-corrected chi connectivity index (χ0v) is 29.9. The molecular weight excluding hydrogens is 602 g/mol. The molecule has 48 heavy (non-hydrogen) atoms. The first-order chi connectivity index (χ1) is 22.7. The molecule has 0 radical (unpaired) electrons. The summed E-state index contributed by atoms with van der Waals surface area (Å²) in [5, 5.41) is 14.9.